The molecule has 1 amide bonds. The van der Waals surface area contributed by atoms with Gasteiger partial charge in [0, 0.05) is 30.9 Å². The molecule has 0 aliphatic carbocycles. The maximum Gasteiger partial charge on any atom is 0.410 e. The minimum Gasteiger partial charge on any atom is -0.444 e. The first-order chi connectivity index (χ1) is 10.2. The highest BCUT2D eigenvalue weighted by atomic mass is 16.6. The summed E-state index contributed by atoms with van der Waals surface area (Å²) < 4.78 is 5.43. The Morgan fingerprint density at radius 1 is 1.45 bits per heavy atom. The Morgan fingerprint density at radius 3 is 2.73 bits per heavy atom. The first-order valence-corrected chi connectivity index (χ1v) is 7.33. The molecule has 1 aliphatic rings. The maximum absolute atomic E-state index is 12.3. The number of pyridine rings is 1. The van der Waals surface area contributed by atoms with Gasteiger partial charge in [-0.15, -0.1) is 0 Å². The van der Waals surface area contributed by atoms with Crippen LogP contribution in [0.4, 0.5) is 10.6 Å². The normalized spacial score (nSPS) is 18.9. The van der Waals surface area contributed by atoms with E-state index in [2.05, 4.69) is 4.98 Å². The van der Waals surface area contributed by atoms with Crippen LogP contribution in [0, 0.1) is 6.92 Å². The van der Waals surface area contributed by atoms with E-state index in [0.717, 1.165) is 16.7 Å². The first-order valence-electron chi connectivity index (χ1n) is 7.33. The number of nitrogens with two attached hydrogens (primary N) is 2. The third kappa shape index (κ3) is 3.76. The van der Waals surface area contributed by atoms with Crippen molar-refractivity contribution in [3.63, 3.8) is 0 Å². The summed E-state index contributed by atoms with van der Waals surface area (Å²) in [7, 11) is 0. The van der Waals surface area contributed by atoms with Crippen LogP contribution in [-0.4, -0.2) is 40.7 Å². The lowest BCUT2D eigenvalue weighted by Gasteiger charge is -2.33. The number of aryl methyl sites for hydroxylation is 1. The number of ether oxygens (including phenoxy) is 1. The lowest BCUT2D eigenvalue weighted by molar-refractivity contribution is 0.0265. The molecule has 0 spiro atoms. The fraction of sp³-hybridized carbons (Fsp3) is 0.500. The number of rotatable bonds is 1. The number of nitrogen functional groups attached to an aromatic ring is 1. The van der Waals surface area contributed by atoms with Crippen molar-refractivity contribution in [2.24, 2.45) is 5.73 Å². The molecule has 1 aliphatic heterocycles. The Kier molecular flexibility index (Phi) is 4.42. The number of nitrogens with zero attached hydrogens (tertiary/aromatic N) is 2. The molecule has 120 valence electrons. The minimum atomic E-state index is -0.536. The van der Waals surface area contributed by atoms with Crippen molar-refractivity contribution in [1.82, 2.24) is 9.88 Å². The van der Waals surface area contributed by atoms with E-state index in [1.165, 1.54) is 0 Å². The van der Waals surface area contributed by atoms with Crippen molar-refractivity contribution in [3.05, 3.63) is 29.5 Å². The summed E-state index contributed by atoms with van der Waals surface area (Å²) in [6.07, 6.45) is 3.25. The van der Waals surface area contributed by atoms with Gasteiger partial charge >= 0.3 is 6.09 Å². The van der Waals surface area contributed by atoms with Gasteiger partial charge in [-0.3, -0.25) is 0 Å². The number of anilines is 1. The Labute approximate surface area is 131 Å². The number of aromatic nitrogens is 1. The predicted molar refractivity (Wildman–Crippen MR) is 87.1 cm³/mol. The summed E-state index contributed by atoms with van der Waals surface area (Å²) >= 11 is 0. The molecule has 0 saturated heterocycles. The molecule has 0 bridgehead atoms. The Hall–Kier alpha value is -2.08. The van der Waals surface area contributed by atoms with Crippen molar-refractivity contribution >= 4 is 17.5 Å². The fourth-order valence-corrected chi connectivity index (χ4v) is 2.51. The van der Waals surface area contributed by atoms with Gasteiger partial charge in [0.25, 0.3) is 0 Å². The minimum absolute atomic E-state index is 0.254. The van der Waals surface area contributed by atoms with Crippen molar-refractivity contribution in [3.8, 4) is 0 Å². The molecule has 2 rings (SSSR count). The molecule has 0 aromatic carbocycles. The van der Waals surface area contributed by atoms with Crippen LogP contribution in [0.25, 0.3) is 5.57 Å². The third-order valence-electron chi connectivity index (χ3n) is 3.37. The first kappa shape index (κ1) is 16.3. The molecule has 22 heavy (non-hydrogen) atoms. The van der Waals surface area contributed by atoms with Gasteiger partial charge in [0.2, 0.25) is 0 Å². The van der Waals surface area contributed by atoms with Crippen molar-refractivity contribution < 1.29 is 9.53 Å². The maximum atomic E-state index is 12.3. The summed E-state index contributed by atoms with van der Waals surface area (Å²) in [4.78, 5) is 18.0. The van der Waals surface area contributed by atoms with E-state index in [4.69, 9.17) is 16.2 Å². The van der Waals surface area contributed by atoms with Crippen LogP contribution < -0.4 is 11.5 Å². The molecule has 1 aromatic heterocycles. The Balaban J connectivity index is 2.26. The molecule has 6 heteroatoms. The lowest BCUT2D eigenvalue weighted by Crippen LogP contribution is -2.46. The van der Waals surface area contributed by atoms with E-state index in [1.807, 2.05) is 39.8 Å². The van der Waals surface area contributed by atoms with E-state index in [0.29, 0.717) is 18.9 Å². The van der Waals surface area contributed by atoms with Gasteiger partial charge in [-0.25, -0.2) is 9.78 Å². The van der Waals surface area contributed by atoms with Crippen molar-refractivity contribution in [2.45, 2.75) is 39.3 Å². The molecule has 0 saturated carbocycles. The molecule has 0 radical (unpaired) electrons. The van der Waals surface area contributed by atoms with Crippen molar-refractivity contribution in [2.75, 3.05) is 18.8 Å². The number of amides is 1. The fourth-order valence-electron chi connectivity index (χ4n) is 2.51. The molecule has 1 aromatic rings. The van der Waals surface area contributed by atoms with Crippen LogP contribution in [0.1, 0.15) is 31.9 Å². The molecule has 1 atom stereocenters. The summed E-state index contributed by atoms with van der Waals surface area (Å²) in [6, 6.07) is 1.64. The highest BCUT2D eigenvalue weighted by Crippen LogP contribution is 2.27. The average molecular weight is 304 g/mol. The zero-order valence-corrected chi connectivity index (χ0v) is 13.6. The second-order valence-electron chi connectivity index (χ2n) is 6.60. The smallest absolute Gasteiger partial charge is 0.410 e. The highest BCUT2D eigenvalue weighted by molar-refractivity contribution is 5.80. The topological polar surface area (TPSA) is 94.5 Å². The van der Waals surface area contributed by atoms with Gasteiger partial charge in [-0.05, 0) is 44.9 Å². The second kappa shape index (κ2) is 5.96. The van der Waals surface area contributed by atoms with Crippen LogP contribution in [0.2, 0.25) is 0 Å². The molecule has 1 unspecified atom stereocenters. The van der Waals surface area contributed by atoms with Gasteiger partial charge in [0.1, 0.15) is 11.4 Å². The van der Waals surface area contributed by atoms with Crippen LogP contribution in [0.5, 0.6) is 0 Å². The van der Waals surface area contributed by atoms with Crippen molar-refractivity contribution in [1.29, 1.82) is 0 Å². The molecule has 0 fully saturated rings. The van der Waals surface area contributed by atoms with Gasteiger partial charge in [-0.2, -0.15) is 0 Å². The lowest BCUT2D eigenvalue weighted by atomic mass is 9.96. The summed E-state index contributed by atoms with van der Waals surface area (Å²) in [5, 5.41) is 0. The van der Waals surface area contributed by atoms with Crippen LogP contribution >= 0.6 is 0 Å². The van der Waals surface area contributed by atoms with E-state index < -0.39 is 5.60 Å². The standard InChI is InChI=1S/C16H24N4O2/c1-10-5-6-19-14(18)13(10)11-7-12(17)9-20(8-11)15(21)22-16(2,3)4/h5-7,12H,8-9,17H2,1-4H3,(H2,18,19). The van der Waals surface area contributed by atoms with Crippen LogP contribution in [-0.2, 0) is 4.74 Å². The van der Waals surface area contributed by atoms with E-state index in [9.17, 15) is 4.79 Å². The predicted octanol–water partition coefficient (Wildman–Crippen LogP) is 1.93. The summed E-state index contributed by atoms with van der Waals surface area (Å²) in [5.74, 6) is 0.449. The Morgan fingerprint density at radius 2 is 2.14 bits per heavy atom. The SMILES string of the molecule is Cc1ccnc(N)c1C1=CC(N)CN(C(=O)OC(C)(C)C)C1. The summed E-state index contributed by atoms with van der Waals surface area (Å²) in [5.41, 5.74) is 14.3. The van der Waals surface area contributed by atoms with Crippen LogP contribution in [0.3, 0.4) is 0 Å². The van der Waals surface area contributed by atoms with Crippen LogP contribution in [0.15, 0.2) is 18.3 Å². The second-order valence-corrected chi connectivity index (χ2v) is 6.60. The molecule has 4 N–H and O–H groups in total. The van der Waals surface area contributed by atoms with Gasteiger partial charge < -0.3 is 21.1 Å². The van der Waals surface area contributed by atoms with E-state index in [1.54, 1.807) is 11.1 Å². The zero-order chi connectivity index (χ0) is 16.5. The van der Waals surface area contributed by atoms with E-state index >= 15 is 0 Å². The molecular weight excluding hydrogens is 280 g/mol. The van der Waals surface area contributed by atoms with Gasteiger partial charge in [0.15, 0.2) is 0 Å². The molecule has 6 nitrogen and oxygen atoms in total. The Bertz CT molecular complexity index is 584. The van der Waals surface area contributed by atoms with Gasteiger partial charge in [0.05, 0.1) is 0 Å². The quantitative estimate of drug-likeness (QED) is 0.826. The third-order valence-corrected chi connectivity index (χ3v) is 3.37. The highest BCUT2D eigenvalue weighted by Gasteiger charge is 2.28. The monoisotopic (exact) mass is 304 g/mol. The van der Waals surface area contributed by atoms with Gasteiger partial charge in [-0.1, -0.05) is 6.08 Å². The van der Waals surface area contributed by atoms with E-state index in [-0.39, 0.29) is 12.1 Å². The number of carbonyl (C=O) groups excluding carboxylic acids is 1. The molecular formula is C16H24N4O2. The largest absolute Gasteiger partial charge is 0.444 e. The summed E-state index contributed by atoms with van der Waals surface area (Å²) in [6.45, 7) is 8.33. The number of hydrogen-bond donors (Lipinski definition) is 2. The number of hydrogen-bond acceptors (Lipinski definition) is 5. The number of carbonyl (C=O) groups is 1. The zero-order valence-electron chi connectivity index (χ0n) is 13.6. The average Bonchev–Trinajstić information content (AvgIpc) is 2.35. The molecule has 2 heterocycles.